The molecule has 0 aliphatic heterocycles. The van der Waals surface area contributed by atoms with Gasteiger partial charge in [0.05, 0.1) is 4.90 Å². The summed E-state index contributed by atoms with van der Waals surface area (Å²) in [5.74, 6) is 0.294. The van der Waals surface area contributed by atoms with E-state index in [0.29, 0.717) is 23.6 Å². The van der Waals surface area contributed by atoms with Crippen LogP contribution in [0.5, 0.6) is 0 Å². The number of hydrogen-bond acceptors (Lipinski definition) is 5. The van der Waals surface area contributed by atoms with Crippen LogP contribution in [-0.4, -0.2) is 27.8 Å². The zero-order valence-electron chi connectivity index (χ0n) is 19.6. The maximum absolute atomic E-state index is 12.8. The smallest absolute Gasteiger partial charge is 0.331 e. The summed E-state index contributed by atoms with van der Waals surface area (Å²) in [5, 5.41) is 9.50. The fourth-order valence-corrected chi connectivity index (χ4v) is 5.63. The van der Waals surface area contributed by atoms with Gasteiger partial charge >= 0.3 is 6.03 Å². The SMILES string of the molecule is Cc1cc(C(=O)NCCc2ccc(S(=O)NC(=O)Nc3c4c(cc5c3CCC5)CCC4)cc2)no1. The Morgan fingerprint density at radius 3 is 2.31 bits per heavy atom. The highest BCUT2D eigenvalue weighted by molar-refractivity contribution is 7.83. The summed E-state index contributed by atoms with van der Waals surface area (Å²) in [6, 6.07) is 10.6. The lowest BCUT2D eigenvalue weighted by Crippen LogP contribution is -2.31. The third-order valence-corrected chi connectivity index (χ3v) is 7.67. The van der Waals surface area contributed by atoms with Gasteiger partial charge in [-0.15, -0.1) is 0 Å². The van der Waals surface area contributed by atoms with E-state index in [1.165, 1.54) is 22.3 Å². The Balaban J connectivity index is 1.15. The van der Waals surface area contributed by atoms with E-state index in [4.69, 9.17) is 4.52 Å². The van der Waals surface area contributed by atoms with E-state index < -0.39 is 17.0 Å². The third kappa shape index (κ3) is 5.14. The third-order valence-electron chi connectivity index (χ3n) is 6.59. The number of benzene rings is 2. The van der Waals surface area contributed by atoms with Gasteiger partial charge in [-0.2, -0.15) is 0 Å². The highest BCUT2D eigenvalue weighted by atomic mass is 32.2. The van der Waals surface area contributed by atoms with Crippen molar-refractivity contribution in [1.29, 1.82) is 0 Å². The van der Waals surface area contributed by atoms with Crippen molar-refractivity contribution in [1.82, 2.24) is 15.2 Å². The summed E-state index contributed by atoms with van der Waals surface area (Å²) in [4.78, 5) is 25.3. The molecule has 1 heterocycles. The molecule has 3 aromatic rings. The molecule has 1 atom stereocenters. The first-order chi connectivity index (χ1) is 17.0. The number of urea groups is 1. The molecule has 35 heavy (non-hydrogen) atoms. The van der Waals surface area contributed by atoms with Crippen LogP contribution in [0, 0.1) is 6.92 Å². The average Bonchev–Trinajstić information content (AvgIpc) is 3.60. The van der Waals surface area contributed by atoms with E-state index >= 15 is 0 Å². The number of nitrogens with zero attached hydrogens (tertiary/aromatic N) is 1. The molecule has 0 bridgehead atoms. The molecule has 2 aliphatic carbocycles. The molecule has 9 heteroatoms. The van der Waals surface area contributed by atoms with Crippen LogP contribution >= 0.6 is 0 Å². The largest absolute Gasteiger partial charge is 0.361 e. The summed E-state index contributed by atoms with van der Waals surface area (Å²) in [6.45, 7) is 2.16. The summed E-state index contributed by atoms with van der Waals surface area (Å²) in [7, 11) is -1.68. The Hall–Kier alpha value is -3.46. The van der Waals surface area contributed by atoms with Crippen molar-refractivity contribution >= 4 is 28.6 Å². The van der Waals surface area contributed by atoms with Crippen molar-refractivity contribution < 1.29 is 18.3 Å². The van der Waals surface area contributed by atoms with Crippen LogP contribution in [-0.2, 0) is 43.1 Å². The van der Waals surface area contributed by atoms with Gasteiger partial charge in [-0.25, -0.2) is 9.00 Å². The lowest BCUT2D eigenvalue weighted by atomic mass is 9.99. The van der Waals surface area contributed by atoms with Crippen LogP contribution in [0.15, 0.2) is 45.8 Å². The fraction of sp³-hybridized carbons (Fsp3) is 0.346. The Morgan fingerprint density at radius 1 is 1.00 bits per heavy atom. The molecule has 0 spiro atoms. The van der Waals surface area contributed by atoms with Gasteiger partial charge < -0.3 is 15.2 Å². The lowest BCUT2D eigenvalue weighted by Gasteiger charge is -2.16. The van der Waals surface area contributed by atoms with Crippen LogP contribution < -0.4 is 15.4 Å². The maximum atomic E-state index is 12.8. The second kappa shape index (κ2) is 10.0. The van der Waals surface area contributed by atoms with Gasteiger partial charge in [-0.05, 0) is 91.8 Å². The number of rotatable bonds is 7. The normalized spacial score (nSPS) is 14.8. The molecule has 0 saturated heterocycles. The summed E-state index contributed by atoms with van der Waals surface area (Å²) in [6.07, 6.45) is 6.88. The van der Waals surface area contributed by atoms with Crippen molar-refractivity contribution in [3.05, 3.63) is 75.7 Å². The highest BCUT2D eigenvalue weighted by Crippen LogP contribution is 2.38. The molecule has 1 aromatic heterocycles. The minimum absolute atomic E-state index is 0.253. The van der Waals surface area contributed by atoms with E-state index in [2.05, 4.69) is 26.6 Å². The van der Waals surface area contributed by atoms with Crippen molar-refractivity contribution in [3.63, 3.8) is 0 Å². The molecule has 2 aliphatic rings. The molecule has 0 radical (unpaired) electrons. The summed E-state index contributed by atoms with van der Waals surface area (Å²) in [5.41, 5.74) is 7.31. The Labute approximate surface area is 206 Å². The number of fused-ring (bicyclic) bond motifs is 2. The topological polar surface area (TPSA) is 113 Å². The van der Waals surface area contributed by atoms with Crippen molar-refractivity contribution in [2.24, 2.45) is 0 Å². The number of amides is 3. The fourth-order valence-electron chi connectivity index (χ4n) is 4.91. The van der Waals surface area contributed by atoms with Crippen molar-refractivity contribution in [3.8, 4) is 0 Å². The van der Waals surface area contributed by atoms with Crippen molar-refractivity contribution in [2.75, 3.05) is 11.9 Å². The minimum atomic E-state index is -1.68. The van der Waals surface area contributed by atoms with E-state index in [0.717, 1.165) is 49.8 Å². The van der Waals surface area contributed by atoms with Crippen LogP contribution in [0.3, 0.4) is 0 Å². The van der Waals surface area contributed by atoms with Gasteiger partial charge in [0.25, 0.3) is 5.91 Å². The van der Waals surface area contributed by atoms with Crippen LogP contribution in [0.4, 0.5) is 10.5 Å². The number of aryl methyl sites for hydroxylation is 3. The van der Waals surface area contributed by atoms with Crippen molar-refractivity contribution in [2.45, 2.75) is 56.8 Å². The average molecular weight is 493 g/mol. The standard InChI is InChI=1S/C26H28N4O4S/c1-16-14-23(29-34-16)25(31)27-13-12-17-8-10-20(11-9-17)35(33)30-26(32)28-24-21-6-2-4-18(21)15-19-5-3-7-22(19)24/h8-11,14-15H,2-7,12-13H2,1H3,(H,27,31)(H2,28,30,32). The molecule has 182 valence electrons. The molecular formula is C26H28N4O4S. The number of carbonyl (C=O) groups is 2. The highest BCUT2D eigenvalue weighted by Gasteiger charge is 2.25. The number of nitrogens with one attached hydrogen (secondary N) is 3. The zero-order valence-corrected chi connectivity index (χ0v) is 20.4. The second-order valence-electron chi connectivity index (χ2n) is 9.03. The summed E-state index contributed by atoms with van der Waals surface area (Å²) < 4.78 is 20.2. The Morgan fingerprint density at radius 2 is 1.69 bits per heavy atom. The molecule has 0 fully saturated rings. The first-order valence-corrected chi connectivity index (χ1v) is 13.1. The van der Waals surface area contributed by atoms with E-state index in [1.54, 1.807) is 25.1 Å². The van der Waals surface area contributed by atoms with Gasteiger partial charge in [0.2, 0.25) is 0 Å². The molecule has 2 aromatic carbocycles. The molecule has 3 amide bonds. The van der Waals surface area contributed by atoms with E-state index in [9.17, 15) is 13.8 Å². The van der Waals surface area contributed by atoms with Gasteiger partial charge in [0.1, 0.15) is 5.76 Å². The quantitative estimate of drug-likeness (QED) is 0.465. The van der Waals surface area contributed by atoms with Crippen LogP contribution in [0.1, 0.15) is 56.9 Å². The zero-order chi connectivity index (χ0) is 24.4. The second-order valence-corrected chi connectivity index (χ2v) is 10.2. The van der Waals surface area contributed by atoms with Crippen LogP contribution in [0.2, 0.25) is 0 Å². The maximum Gasteiger partial charge on any atom is 0.331 e. The van der Waals surface area contributed by atoms with E-state index in [1.807, 2.05) is 12.1 Å². The number of hydrogen-bond donors (Lipinski definition) is 3. The molecule has 0 saturated carbocycles. The summed E-state index contributed by atoms with van der Waals surface area (Å²) >= 11 is 0. The van der Waals surface area contributed by atoms with Gasteiger partial charge in [0, 0.05) is 18.3 Å². The molecule has 8 nitrogen and oxygen atoms in total. The number of anilines is 1. The lowest BCUT2D eigenvalue weighted by molar-refractivity contribution is 0.0945. The van der Waals surface area contributed by atoms with Crippen LogP contribution in [0.25, 0.3) is 0 Å². The predicted octanol–water partition coefficient (Wildman–Crippen LogP) is 3.78. The number of carbonyl (C=O) groups excluding carboxylic acids is 2. The minimum Gasteiger partial charge on any atom is -0.361 e. The first kappa shape index (κ1) is 23.3. The Kier molecular flexibility index (Phi) is 6.68. The van der Waals surface area contributed by atoms with Gasteiger partial charge in [-0.1, -0.05) is 23.4 Å². The number of aromatic nitrogens is 1. The van der Waals surface area contributed by atoms with Gasteiger partial charge in [0.15, 0.2) is 16.7 Å². The molecule has 3 N–H and O–H groups in total. The monoisotopic (exact) mass is 492 g/mol. The molecule has 1 unspecified atom stereocenters. The predicted molar refractivity (Wildman–Crippen MR) is 133 cm³/mol. The van der Waals surface area contributed by atoms with Gasteiger partial charge in [-0.3, -0.25) is 9.52 Å². The van der Waals surface area contributed by atoms with E-state index in [-0.39, 0.29) is 11.6 Å². The first-order valence-electron chi connectivity index (χ1n) is 11.9. The molecule has 5 rings (SSSR count). The molecular weight excluding hydrogens is 464 g/mol. The Bertz CT molecular complexity index is 1270.